The van der Waals surface area contributed by atoms with Crippen molar-refractivity contribution >= 4 is 12.3 Å². The maximum absolute atomic E-state index is 11.7. The van der Waals surface area contributed by atoms with Gasteiger partial charge in [-0.25, -0.2) is 0 Å². The fourth-order valence-corrected chi connectivity index (χ4v) is 2.59. The molecule has 0 heterocycles. The van der Waals surface area contributed by atoms with E-state index >= 15 is 0 Å². The number of benzene rings is 1. The second kappa shape index (κ2) is 7.07. The highest BCUT2D eigenvalue weighted by molar-refractivity contribution is 5.76. The maximum atomic E-state index is 11.7. The molecule has 0 radical (unpaired) electrons. The lowest BCUT2D eigenvalue weighted by molar-refractivity contribution is -0.134. The molecule has 0 aliphatic heterocycles. The van der Waals surface area contributed by atoms with E-state index in [-0.39, 0.29) is 5.97 Å². The highest BCUT2D eigenvalue weighted by Crippen LogP contribution is 2.27. The molecule has 3 nitrogen and oxygen atoms in total. The largest absolute Gasteiger partial charge is 0.427 e. The van der Waals surface area contributed by atoms with Crippen molar-refractivity contribution in [1.29, 1.82) is 0 Å². The molecule has 0 saturated heterocycles. The van der Waals surface area contributed by atoms with E-state index in [1.807, 2.05) is 0 Å². The van der Waals surface area contributed by atoms with E-state index in [9.17, 15) is 9.59 Å². The molecule has 0 atom stereocenters. The van der Waals surface area contributed by atoms with Gasteiger partial charge in [0.1, 0.15) is 12.0 Å². The van der Waals surface area contributed by atoms with E-state index in [1.165, 1.54) is 32.1 Å². The Hall–Kier alpha value is -1.64. The Morgan fingerprint density at radius 3 is 2.47 bits per heavy atom. The Labute approximate surface area is 114 Å². The molecule has 1 fully saturated rings. The summed E-state index contributed by atoms with van der Waals surface area (Å²) in [6.07, 6.45) is 8.63. The lowest BCUT2D eigenvalue weighted by atomic mass is 9.86. The van der Waals surface area contributed by atoms with Gasteiger partial charge in [-0.05, 0) is 36.6 Å². The molecule has 1 aromatic carbocycles. The third-order valence-electron chi connectivity index (χ3n) is 3.73. The van der Waals surface area contributed by atoms with Gasteiger partial charge in [0.2, 0.25) is 0 Å². The predicted molar refractivity (Wildman–Crippen MR) is 73.3 cm³/mol. The molecule has 0 spiro atoms. The molecule has 3 heteroatoms. The van der Waals surface area contributed by atoms with Crippen LogP contribution in [0.15, 0.2) is 24.3 Å². The number of hydrogen-bond acceptors (Lipinski definition) is 3. The third kappa shape index (κ3) is 4.51. The maximum Gasteiger partial charge on any atom is 0.311 e. The Bertz CT molecular complexity index is 416. The summed E-state index contributed by atoms with van der Waals surface area (Å²) in [5, 5.41) is 0. The monoisotopic (exact) mass is 260 g/mol. The van der Waals surface area contributed by atoms with Crippen molar-refractivity contribution in [2.45, 2.75) is 44.9 Å². The summed E-state index contributed by atoms with van der Waals surface area (Å²) in [4.78, 5) is 22.2. The smallest absolute Gasteiger partial charge is 0.311 e. The summed E-state index contributed by atoms with van der Waals surface area (Å²) in [5.74, 6) is 1.03. The van der Waals surface area contributed by atoms with Gasteiger partial charge < -0.3 is 4.74 Å². The quantitative estimate of drug-likeness (QED) is 0.460. The minimum atomic E-state index is -0.176. The minimum Gasteiger partial charge on any atom is -0.427 e. The summed E-state index contributed by atoms with van der Waals surface area (Å²) in [5.41, 5.74) is 0.585. The molecule has 1 aliphatic rings. The number of carbonyl (C=O) groups excluding carboxylic acids is 2. The molecule has 19 heavy (non-hydrogen) atoms. The number of rotatable bonds is 5. The SMILES string of the molecule is O=Cc1ccc(OC(=O)CCC2CCCCC2)cc1. The van der Waals surface area contributed by atoms with Crippen molar-refractivity contribution in [3.05, 3.63) is 29.8 Å². The van der Waals surface area contributed by atoms with Gasteiger partial charge in [0.05, 0.1) is 0 Å². The predicted octanol–water partition coefficient (Wildman–Crippen LogP) is 3.77. The molecule has 102 valence electrons. The van der Waals surface area contributed by atoms with Crippen LogP contribution in [-0.2, 0) is 4.79 Å². The van der Waals surface area contributed by atoms with Crippen molar-refractivity contribution in [2.75, 3.05) is 0 Å². The molecule has 0 bridgehead atoms. The van der Waals surface area contributed by atoms with E-state index in [0.717, 1.165) is 12.7 Å². The Kier molecular flexibility index (Phi) is 5.13. The molecule has 0 amide bonds. The van der Waals surface area contributed by atoms with E-state index < -0.39 is 0 Å². The van der Waals surface area contributed by atoms with E-state index in [4.69, 9.17) is 4.74 Å². The number of esters is 1. The first kappa shape index (κ1) is 13.8. The van der Waals surface area contributed by atoms with Crippen molar-refractivity contribution in [3.63, 3.8) is 0 Å². The van der Waals surface area contributed by atoms with Gasteiger partial charge >= 0.3 is 5.97 Å². The van der Waals surface area contributed by atoms with Crippen LogP contribution >= 0.6 is 0 Å². The standard InChI is InChI=1S/C16H20O3/c17-12-14-6-9-15(10-7-14)19-16(18)11-8-13-4-2-1-3-5-13/h6-7,9-10,12-13H,1-5,8,11H2. The van der Waals surface area contributed by atoms with Crippen LogP contribution < -0.4 is 4.74 Å². The average molecular weight is 260 g/mol. The van der Waals surface area contributed by atoms with E-state index in [0.29, 0.717) is 23.7 Å². The first-order valence-corrected chi connectivity index (χ1v) is 7.04. The van der Waals surface area contributed by atoms with Crippen LogP contribution in [-0.4, -0.2) is 12.3 Å². The molecular formula is C16H20O3. The normalized spacial score (nSPS) is 16.0. The number of ether oxygens (including phenoxy) is 1. The summed E-state index contributed by atoms with van der Waals surface area (Å²) < 4.78 is 5.25. The fourth-order valence-electron chi connectivity index (χ4n) is 2.59. The molecule has 1 saturated carbocycles. The van der Waals surface area contributed by atoms with Crippen LogP contribution in [0.5, 0.6) is 5.75 Å². The topological polar surface area (TPSA) is 43.4 Å². The van der Waals surface area contributed by atoms with Crippen molar-refractivity contribution in [3.8, 4) is 5.75 Å². The first-order valence-electron chi connectivity index (χ1n) is 7.04. The average Bonchev–Trinajstić information content (AvgIpc) is 2.47. The van der Waals surface area contributed by atoms with Crippen LogP contribution in [0.2, 0.25) is 0 Å². The van der Waals surface area contributed by atoms with E-state index in [1.54, 1.807) is 24.3 Å². The Morgan fingerprint density at radius 1 is 1.16 bits per heavy atom. The van der Waals surface area contributed by atoms with Gasteiger partial charge in [-0.2, -0.15) is 0 Å². The molecular weight excluding hydrogens is 240 g/mol. The van der Waals surface area contributed by atoms with Gasteiger partial charge in [-0.3, -0.25) is 9.59 Å². The van der Waals surface area contributed by atoms with Crippen LogP contribution in [0.4, 0.5) is 0 Å². The summed E-state index contributed by atoms with van der Waals surface area (Å²) in [7, 11) is 0. The fraction of sp³-hybridized carbons (Fsp3) is 0.500. The van der Waals surface area contributed by atoms with E-state index in [2.05, 4.69) is 0 Å². The number of aldehydes is 1. The zero-order valence-electron chi connectivity index (χ0n) is 11.1. The second-order valence-electron chi connectivity index (χ2n) is 5.20. The Balaban J connectivity index is 1.75. The molecule has 0 N–H and O–H groups in total. The van der Waals surface area contributed by atoms with Gasteiger partial charge in [-0.15, -0.1) is 0 Å². The minimum absolute atomic E-state index is 0.176. The van der Waals surface area contributed by atoms with Gasteiger partial charge in [0.15, 0.2) is 0 Å². The van der Waals surface area contributed by atoms with Crippen molar-refractivity contribution in [1.82, 2.24) is 0 Å². The third-order valence-corrected chi connectivity index (χ3v) is 3.73. The Morgan fingerprint density at radius 2 is 1.84 bits per heavy atom. The zero-order valence-corrected chi connectivity index (χ0v) is 11.1. The summed E-state index contributed by atoms with van der Waals surface area (Å²) >= 11 is 0. The van der Waals surface area contributed by atoms with Gasteiger partial charge in [0, 0.05) is 12.0 Å². The zero-order chi connectivity index (χ0) is 13.5. The van der Waals surface area contributed by atoms with Gasteiger partial charge in [0.25, 0.3) is 0 Å². The van der Waals surface area contributed by atoms with Gasteiger partial charge in [-0.1, -0.05) is 32.1 Å². The highest BCUT2D eigenvalue weighted by Gasteiger charge is 2.15. The summed E-state index contributed by atoms with van der Waals surface area (Å²) in [6.45, 7) is 0. The lowest BCUT2D eigenvalue weighted by Gasteiger charge is -2.20. The number of hydrogen-bond donors (Lipinski definition) is 0. The van der Waals surface area contributed by atoms with Crippen LogP contribution in [0, 0.1) is 5.92 Å². The lowest BCUT2D eigenvalue weighted by Crippen LogP contribution is -2.12. The molecule has 0 unspecified atom stereocenters. The van der Waals surface area contributed by atoms with Crippen LogP contribution in [0.3, 0.4) is 0 Å². The molecule has 1 aliphatic carbocycles. The molecule has 2 rings (SSSR count). The number of carbonyl (C=O) groups is 2. The van der Waals surface area contributed by atoms with Crippen molar-refractivity contribution < 1.29 is 14.3 Å². The second-order valence-corrected chi connectivity index (χ2v) is 5.20. The first-order chi connectivity index (χ1) is 9.28. The van der Waals surface area contributed by atoms with Crippen LogP contribution in [0.1, 0.15) is 55.3 Å². The molecule has 0 aromatic heterocycles. The van der Waals surface area contributed by atoms with Crippen molar-refractivity contribution in [2.24, 2.45) is 5.92 Å². The van der Waals surface area contributed by atoms with Crippen LogP contribution in [0.25, 0.3) is 0 Å². The highest BCUT2D eigenvalue weighted by atomic mass is 16.5. The molecule has 1 aromatic rings. The summed E-state index contributed by atoms with van der Waals surface area (Å²) in [6, 6.07) is 6.61.